The molecule has 1 N–H and O–H groups in total. The lowest BCUT2D eigenvalue weighted by molar-refractivity contribution is 0.0745. The molecule has 1 aliphatic heterocycles. The summed E-state index contributed by atoms with van der Waals surface area (Å²) in [6.07, 6.45) is 0.706. The second-order valence-electron chi connectivity index (χ2n) is 8.34. The van der Waals surface area contributed by atoms with Crippen LogP contribution in [-0.2, 0) is 6.42 Å². The summed E-state index contributed by atoms with van der Waals surface area (Å²) in [6, 6.07) is 23.3. The molecule has 2 heterocycles. The Hall–Kier alpha value is -4.26. The van der Waals surface area contributed by atoms with Crippen LogP contribution in [0.15, 0.2) is 72.8 Å². The Morgan fingerprint density at radius 1 is 0.886 bits per heavy atom. The molecule has 1 aromatic heterocycles. The van der Waals surface area contributed by atoms with Crippen LogP contribution in [-0.4, -0.2) is 48.9 Å². The van der Waals surface area contributed by atoms with Gasteiger partial charge in [-0.05, 0) is 41.8 Å². The number of fused-ring (bicyclic) bond motifs is 1. The zero-order chi connectivity index (χ0) is 24.4. The number of aromatic nitrogens is 2. The third-order valence-corrected chi connectivity index (χ3v) is 6.43. The lowest BCUT2D eigenvalue weighted by atomic mass is 9.95. The minimum absolute atomic E-state index is 0.0667. The second kappa shape index (κ2) is 9.54. The quantitative estimate of drug-likeness (QED) is 0.398. The van der Waals surface area contributed by atoms with Gasteiger partial charge in [-0.15, -0.1) is 0 Å². The Morgan fingerprint density at radius 2 is 1.63 bits per heavy atom. The van der Waals surface area contributed by atoms with Crippen molar-refractivity contribution >= 4 is 5.91 Å². The van der Waals surface area contributed by atoms with Crippen LogP contribution in [0, 0.1) is 0 Å². The van der Waals surface area contributed by atoms with Crippen molar-refractivity contribution in [3.8, 4) is 28.5 Å². The number of hydrogen-bond acceptors (Lipinski definition) is 5. The van der Waals surface area contributed by atoms with Gasteiger partial charge in [0, 0.05) is 17.7 Å². The molecule has 0 fully saturated rings. The first kappa shape index (κ1) is 22.5. The van der Waals surface area contributed by atoms with Gasteiger partial charge in [-0.3, -0.25) is 9.89 Å². The number of ether oxygens (including phenoxy) is 3. The molecule has 5 rings (SSSR count). The normalized spacial score (nSPS) is 14.7. The average Bonchev–Trinajstić information content (AvgIpc) is 3.46. The van der Waals surface area contributed by atoms with Crippen LogP contribution in [0.25, 0.3) is 11.3 Å². The van der Waals surface area contributed by atoms with Crippen molar-refractivity contribution in [1.82, 2.24) is 15.1 Å². The fraction of sp³-hybridized carbons (Fsp3) is 0.214. The Bertz CT molecular complexity index is 1330. The van der Waals surface area contributed by atoms with E-state index in [-0.39, 0.29) is 11.9 Å². The van der Waals surface area contributed by atoms with Crippen LogP contribution in [0.3, 0.4) is 0 Å². The van der Waals surface area contributed by atoms with Crippen molar-refractivity contribution in [3.63, 3.8) is 0 Å². The Morgan fingerprint density at radius 3 is 2.31 bits per heavy atom. The first-order chi connectivity index (χ1) is 17.1. The largest absolute Gasteiger partial charge is 0.497 e. The van der Waals surface area contributed by atoms with E-state index in [1.54, 1.807) is 21.3 Å². The van der Waals surface area contributed by atoms with Crippen LogP contribution in [0.2, 0.25) is 0 Å². The maximum atomic E-state index is 13.6. The van der Waals surface area contributed by atoms with Gasteiger partial charge in [0.25, 0.3) is 5.91 Å². The number of H-pyrrole nitrogens is 1. The molecule has 4 aromatic rings. The molecule has 0 aliphatic carbocycles. The summed E-state index contributed by atoms with van der Waals surface area (Å²) >= 11 is 0. The van der Waals surface area contributed by atoms with Gasteiger partial charge >= 0.3 is 0 Å². The highest BCUT2D eigenvalue weighted by atomic mass is 16.5. The molecule has 3 aromatic carbocycles. The first-order valence-corrected chi connectivity index (χ1v) is 11.4. The molecule has 1 unspecified atom stereocenters. The molecule has 1 amide bonds. The van der Waals surface area contributed by atoms with Crippen molar-refractivity contribution in [2.75, 3.05) is 27.9 Å². The maximum absolute atomic E-state index is 13.6. The lowest BCUT2D eigenvalue weighted by Crippen LogP contribution is -2.31. The van der Waals surface area contributed by atoms with Gasteiger partial charge in [0.15, 0.2) is 11.5 Å². The predicted octanol–water partition coefficient (Wildman–Crippen LogP) is 4.89. The molecular formula is C28H27N3O4. The summed E-state index contributed by atoms with van der Waals surface area (Å²) in [5.41, 5.74) is 5.20. The van der Waals surface area contributed by atoms with Crippen molar-refractivity contribution in [2.24, 2.45) is 0 Å². The SMILES string of the molecule is COc1ccc(CCN2C(=O)c3[nH]nc(-c4ccccc4)c3C2c2ccc(OC)c(OC)c2)cc1. The molecule has 0 spiro atoms. The van der Waals surface area contributed by atoms with Crippen molar-refractivity contribution in [3.05, 3.63) is 95.2 Å². The van der Waals surface area contributed by atoms with Crippen LogP contribution in [0.4, 0.5) is 0 Å². The van der Waals surface area contributed by atoms with Crippen LogP contribution in [0.1, 0.15) is 33.2 Å². The minimum Gasteiger partial charge on any atom is -0.497 e. The zero-order valence-corrected chi connectivity index (χ0v) is 19.9. The number of methoxy groups -OCH3 is 3. The lowest BCUT2D eigenvalue weighted by Gasteiger charge is -2.27. The fourth-order valence-corrected chi connectivity index (χ4v) is 4.65. The summed E-state index contributed by atoms with van der Waals surface area (Å²) < 4.78 is 16.3. The highest BCUT2D eigenvalue weighted by molar-refractivity contribution is 6.00. The third kappa shape index (κ3) is 4.10. The van der Waals surface area contributed by atoms with Crippen molar-refractivity contribution in [1.29, 1.82) is 0 Å². The van der Waals surface area contributed by atoms with Crippen LogP contribution >= 0.6 is 0 Å². The average molecular weight is 470 g/mol. The van der Waals surface area contributed by atoms with E-state index in [2.05, 4.69) is 10.2 Å². The summed E-state index contributed by atoms with van der Waals surface area (Å²) in [4.78, 5) is 15.5. The first-order valence-electron chi connectivity index (χ1n) is 11.4. The Balaban J connectivity index is 1.56. The third-order valence-electron chi connectivity index (χ3n) is 6.43. The number of benzene rings is 3. The number of nitrogens with one attached hydrogen (secondary N) is 1. The molecule has 0 saturated heterocycles. The number of aromatic amines is 1. The Labute approximate surface area is 204 Å². The van der Waals surface area contributed by atoms with E-state index in [0.717, 1.165) is 33.7 Å². The number of nitrogens with zero attached hydrogens (tertiary/aromatic N) is 2. The summed E-state index contributed by atoms with van der Waals surface area (Å²) in [5.74, 6) is 2.00. The standard InChI is InChI=1S/C28H27N3O4/c1-33-21-12-9-18(10-13-21)15-16-31-27(20-11-14-22(34-2)23(17-20)35-3)24-25(19-7-5-4-6-8-19)29-30-26(24)28(31)32/h4-14,17,27H,15-16H2,1-3H3,(H,29,30). The number of carbonyl (C=O) groups excluding carboxylic acids is 1. The van der Waals surface area contributed by atoms with Crippen molar-refractivity contribution < 1.29 is 19.0 Å². The smallest absolute Gasteiger partial charge is 0.273 e. The number of hydrogen-bond donors (Lipinski definition) is 1. The van der Waals surface area contributed by atoms with Gasteiger partial charge < -0.3 is 19.1 Å². The molecule has 178 valence electrons. The molecule has 35 heavy (non-hydrogen) atoms. The Kier molecular flexibility index (Phi) is 6.14. The van der Waals surface area contributed by atoms with E-state index in [0.29, 0.717) is 30.2 Å². The topological polar surface area (TPSA) is 76.7 Å². The predicted molar refractivity (Wildman–Crippen MR) is 133 cm³/mol. The molecule has 1 atom stereocenters. The number of amides is 1. The van der Waals surface area contributed by atoms with Gasteiger partial charge in [-0.25, -0.2) is 0 Å². The molecule has 7 heteroatoms. The van der Waals surface area contributed by atoms with E-state index < -0.39 is 0 Å². The molecular weight excluding hydrogens is 442 g/mol. The van der Waals surface area contributed by atoms with Gasteiger partial charge in [0.05, 0.1) is 33.1 Å². The van der Waals surface area contributed by atoms with Crippen LogP contribution in [0.5, 0.6) is 17.2 Å². The summed E-state index contributed by atoms with van der Waals surface area (Å²) in [6.45, 7) is 0.543. The van der Waals surface area contributed by atoms with Gasteiger partial charge in [0.1, 0.15) is 11.4 Å². The molecule has 0 saturated carbocycles. The van der Waals surface area contributed by atoms with E-state index in [9.17, 15) is 4.79 Å². The van der Waals surface area contributed by atoms with Crippen molar-refractivity contribution in [2.45, 2.75) is 12.5 Å². The monoisotopic (exact) mass is 469 g/mol. The molecule has 1 aliphatic rings. The number of rotatable bonds is 8. The van der Waals surface area contributed by atoms with Gasteiger partial charge in [-0.2, -0.15) is 5.10 Å². The molecule has 0 radical (unpaired) electrons. The highest BCUT2D eigenvalue weighted by Gasteiger charge is 2.42. The fourth-order valence-electron chi connectivity index (χ4n) is 4.65. The zero-order valence-electron chi connectivity index (χ0n) is 19.9. The molecule has 0 bridgehead atoms. The van der Waals surface area contributed by atoms with E-state index in [4.69, 9.17) is 14.2 Å². The van der Waals surface area contributed by atoms with E-state index >= 15 is 0 Å². The summed E-state index contributed by atoms with van der Waals surface area (Å²) in [7, 11) is 4.87. The minimum atomic E-state index is -0.315. The van der Waals surface area contributed by atoms with E-state index in [1.807, 2.05) is 77.7 Å². The summed E-state index contributed by atoms with van der Waals surface area (Å²) in [5, 5.41) is 7.55. The number of carbonyl (C=O) groups is 1. The van der Waals surface area contributed by atoms with Gasteiger partial charge in [0.2, 0.25) is 0 Å². The van der Waals surface area contributed by atoms with Gasteiger partial charge in [-0.1, -0.05) is 48.5 Å². The maximum Gasteiger partial charge on any atom is 0.273 e. The molecule has 7 nitrogen and oxygen atoms in total. The second-order valence-corrected chi connectivity index (χ2v) is 8.34. The van der Waals surface area contributed by atoms with E-state index in [1.165, 1.54) is 0 Å². The highest BCUT2D eigenvalue weighted by Crippen LogP contribution is 2.44. The van der Waals surface area contributed by atoms with Crippen LogP contribution < -0.4 is 14.2 Å².